The average molecular weight is 499 g/mol. The summed E-state index contributed by atoms with van der Waals surface area (Å²) in [4.78, 5) is 21.9. The van der Waals surface area contributed by atoms with Crippen molar-refractivity contribution in [1.82, 2.24) is 9.88 Å². The third kappa shape index (κ3) is 4.83. The Hall–Kier alpha value is -1.87. The highest BCUT2D eigenvalue weighted by Gasteiger charge is 2.23. The number of anilines is 1. The van der Waals surface area contributed by atoms with E-state index >= 15 is 0 Å². The van der Waals surface area contributed by atoms with Crippen molar-refractivity contribution in [1.29, 1.82) is 0 Å². The van der Waals surface area contributed by atoms with Crippen LogP contribution in [0.3, 0.4) is 0 Å². The average Bonchev–Trinajstić information content (AvgIpc) is 3.28. The molecule has 2 aromatic carbocycles. The molecule has 4 rings (SSSR count). The maximum absolute atomic E-state index is 13.3. The summed E-state index contributed by atoms with van der Waals surface area (Å²) in [6, 6.07) is 11.2. The molecule has 0 saturated carbocycles. The highest BCUT2D eigenvalue weighted by Crippen LogP contribution is 2.40. The monoisotopic (exact) mass is 497 g/mol. The lowest BCUT2D eigenvalue weighted by Gasteiger charge is -2.21. The summed E-state index contributed by atoms with van der Waals surface area (Å²) in [5.74, 6) is 1.36. The summed E-state index contributed by atoms with van der Waals surface area (Å²) in [6.07, 6.45) is 0.853. The van der Waals surface area contributed by atoms with Crippen LogP contribution >= 0.6 is 39.7 Å². The molecule has 0 aliphatic carbocycles. The molecule has 0 N–H and O–H groups in total. The quantitative estimate of drug-likeness (QED) is 0.488. The van der Waals surface area contributed by atoms with Gasteiger partial charge in [0.15, 0.2) is 16.6 Å². The van der Waals surface area contributed by atoms with Crippen LogP contribution in [-0.2, 0) is 0 Å². The van der Waals surface area contributed by atoms with Gasteiger partial charge in [0, 0.05) is 28.7 Å². The molecule has 2 heterocycles. The van der Waals surface area contributed by atoms with E-state index in [1.807, 2.05) is 50.5 Å². The number of aromatic nitrogens is 1. The molecule has 0 saturated heterocycles. The zero-order chi connectivity index (χ0) is 19.7. The molecule has 6 nitrogen and oxygen atoms in total. The van der Waals surface area contributed by atoms with Gasteiger partial charge in [-0.05, 0) is 45.3 Å². The van der Waals surface area contributed by atoms with Crippen molar-refractivity contribution in [2.75, 3.05) is 38.9 Å². The van der Waals surface area contributed by atoms with Crippen LogP contribution in [0.4, 0.5) is 5.13 Å². The second-order valence-electron chi connectivity index (χ2n) is 6.79. The van der Waals surface area contributed by atoms with Gasteiger partial charge < -0.3 is 14.4 Å². The molecule has 29 heavy (non-hydrogen) atoms. The number of thiazole rings is 1. The zero-order valence-corrected chi connectivity index (χ0v) is 19.3. The van der Waals surface area contributed by atoms with E-state index in [0.717, 1.165) is 33.4 Å². The lowest BCUT2D eigenvalue weighted by Crippen LogP contribution is -2.33. The molecule has 1 aromatic heterocycles. The molecular formula is C20H21BrClN3O3S. The summed E-state index contributed by atoms with van der Waals surface area (Å²) in [6.45, 7) is 1.72. The van der Waals surface area contributed by atoms with Crippen molar-refractivity contribution in [3.8, 4) is 11.5 Å². The van der Waals surface area contributed by atoms with Crippen LogP contribution in [0, 0.1) is 0 Å². The van der Waals surface area contributed by atoms with E-state index in [-0.39, 0.29) is 25.1 Å². The van der Waals surface area contributed by atoms with Crippen LogP contribution < -0.4 is 14.4 Å². The summed E-state index contributed by atoms with van der Waals surface area (Å²) < 4.78 is 12.8. The van der Waals surface area contributed by atoms with Crippen LogP contribution in [0.1, 0.15) is 16.8 Å². The molecule has 1 aliphatic heterocycles. The lowest BCUT2D eigenvalue weighted by molar-refractivity contribution is 0.0986. The summed E-state index contributed by atoms with van der Waals surface area (Å²) >= 11 is 4.94. The van der Waals surface area contributed by atoms with Crippen LogP contribution in [-0.4, -0.2) is 49.8 Å². The van der Waals surface area contributed by atoms with E-state index in [1.54, 1.807) is 4.90 Å². The topological polar surface area (TPSA) is 54.9 Å². The summed E-state index contributed by atoms with van der Waals surface area (Å²) in [5, 5.41) is 0.683. The Morgan fingerprint density at radius 2 is 1.93 bits per heavy atom. The number of hydrogen-bond acceptors (Lipinski definition) is 6. The Balaban J connectivity index is 0.00000240. The molecule has 0 radical (unpaired) electrons. The number of hydrogen-bond donors (Lipinski definition) is 0. The summed E-state index contributed by atoms with van der Waals surface area (Å²) in [7, 11) is 4.05. The maximum Gasteiger partial charge on any atom is 0.260 e. The molecule has 0 bridgehead atoms. The lowest BCUT2D eigenvalue weighted by atomic mass is 10.2. The van der Waals surface area contributed by atoms with Gasteiger partial charge in [0.1, 0.15) is 0 Å². The van der Waals surface area contributed by atoms with Crippen molar-refractivity contribution in [2.45, 2.75) is 6.42 Å². The number of halogens is 2. The largest absolute Gasteiger partial charge is 0.454 e. The van der Waals surface area contributed by atoms with Gasteiger partial charge in [0.05, 0.1) is 10.2 Å². The van der Waals surface area contributed by atoms with Gasteiger partial charge in [0.25, 0.3) is 5.91 Å². The van der Waals surface area contributed by atoms with Gasteiger partial charge in [-0.2, -0.15) is 0 Å². The van der Waals surface area contributed by atoms with Crippen molar-refractivity contribution in [3.05, 3.63) is 46.4 Å². The first-order valence-electron chi connectivity index (χ1n) is 8.93. The van der Waals surface area contributed by atoms with Crippen molar-refractivity contribution >= 4 is 60.9 Å². The van der Waals surface area contributed by atoms with Crippen molar-refractivity contribution in [2.24, 2.45) is 0 Å². The molecule has 0 unspecified atom stereocenters. The molecule has 9 heteroatoms. The van der Waals surface area contributed by atoms with Gasteiger partial charge >= 0.3 is 0 Å². The highest BCUT2D eigenvalue weighted by molar-refractivity contribution is 9.10. The minimum atomic E-state index is -0.0563. The van der Waals surface area contributed by atoms with Crippen LogP contribution in [0.2, 0.25) is 0 Å². The van der Waals surface area contributed by atoms with Crippen molar-refractivity contribution in [3.63, 3.8) is 0 Å². The SMILES string of the molecule is CN(C)CCCN(C(=O)c1cccc(Br)c1)c1nc2cc3c(cc2s1)OCO3.Cl. The second kappa shape index (κ2) is 9.30. The summed E-state index contributed by atoms with van der Waals surface area (Å²) in [5.41, 5.74) is 1.44. The van der Waals surface area contributed by atoms with Crippen LogP contribution in [0.5, 0.6) is 11.5 Å². The van der Waals surface area contributed by atoms with Crippen molar-refractivity contribution < 1.29 is 14.3 Å². The minimum Gasteiger partial charge on any atom is -0.454 e. The molecular weight excluding hydrogens is 478 g/mol. The fourth-order valence-corrected chi connectivity index (χ4v) is 4.43. The molecule has 0 atom stereocenters. The Morgan fingerprint density at radius 1 is 1.17 bits per heavy atom. The fourth-order valence-electron chi connectivity index (χ4n) is 3.03. The first kappa shape index (κ1) is 21.8. The second-order valence-corrected chi connectivity index (χ2v) is 8.72. The van der Waals surface area contributed by atoms with E-state index in [2.05, 4.69) is 20.8 Å². The molecule has 154 valence electrons. The van der Waals surface area contributed by atoms with E-state index in [0.29, 0.717) is 23.0 Å². The van der Waals surface area contributed by atoms with Crippen LogP contribution in [0.25, 0.3) is 10.2 Å². The number of benzene rings is 2. The maximum atomic E-state index is 13.3. The Labute approximate surface area is 188 Å². The third-order valence-corrected chi connectivity index (χ3v) is 5.94. The van der Waals surface area contributed by atoms with Gasteiger partial charge in [0.2, 0.25) is 6.79 Å². The predicted molar refractivity (Wildman–Crippen MR) is 122 cm³/mol. The van der Waals surface area contributed by atoms with E-state index in [4.69, 9.17) is 14.5 Å². The minimum absolute atomic E-state index is 0. The molecule has 0 fully saturated rings. The Kier molecular flexibility index (Phi) is 7.00. The predicted octanol–water partition coefficient (Wildman–Crippen LogP) is 4.81. The smallest absolute Gasteiger partial charge is 0.260 e. The van der Waals surface area contributed by atoms with Gasteiger partial charge in [-0.25, -0.2) is 4.98 Å². The normalized spacial score (nSPS) is 12.3. The number of fused-ring (bicyclic) bond motifs is 2. The number of nitrogens with zero attached hydrogens (tertiary/aromatic N) is 3. The number of carbonyl (C=O) groups is 1. The third-order valence-electron chi connectivity index (χ3n) is 4.41. The Bertz CT molecular complexity index is 986. The van der Waals surface area contributed by atoms with Gasteiger partial charge in [-0.15, -0.1) is 12.4 Å². The van der Waals surface area contributed by atoms with E-state index in [1.165, 1.54) is 11.3 Å². The number of amides is 1. The first-order chi connectivity index (χ1) is 13.5. The molecule has 0 spiro atoms. The number of ether oxygens (including phenoxy) is 2. The zero-order valence-electron chi connectivity index (χ0n) is 16.1. The molecule has 1 amide bonds. The fraction of sp³-hybridized carbons (Fsp3) is 0.300. The van der Waals surface area contributed by atoms with E-state index in [9.17, 15) is 4.79 Å². The first-order valence-corrected chi connectivity index (χ1v) is 10.5. The van der Waals surface area contributed by atoms with Gasteiger partial charge in [-0.1, -0.05) is 33.3 Å². The molecule has 3 aromatic rings. The standard InChI is InChI=1S/C20H20BrN3O3S.ClH/c1-23(2)7-4-8-24(19(25)13-5-3-6-14(21)9-13)20-22-15-10-16-17(27-12-26-16)11-18(15)28-20;/h3,5-6,9-11H,4,7-8,12H2,1-2H3;1H. The van der Waals surface area contributed by atoms with Crippen LogP contribution in [0.15, 0.2) is 40.9 Å². The Morgan fingerprint density at radius 3 is 2.66 bits per heavy atom. The number of rotatable bonds is 6. The van der Waals surface area contributed by atoms with Gasteiger partial charge in [-0.3, -0.25) is 9.69 Å². The van der Waals surface area contributed by atoms with E-state index < -0.39 is 0 Å². The number of carbonyl (C=O) groups excluding carboxylic acids is 1. The highest BCUT2D eigenvalue weighted by atomic mass is 79.9. The molecule has 1 aliphatic rings.